The summed E-state index contributed by atoms with van der Waals surface area (Å²) < 4.78 is 53.2. The van der Waals surface area contributed by atoms with Crippen molar-refractivity contribution in [3.05, 3.63) is 64.8 Å². The molecule has 2 amide bonds. The Balaban J connectivity index is 1.38. The maximum Gasteiger partial charge on any atom is 0.416 e. The average molecular weight is 658 g/mol. The van der Waals surface area contributed by atoms with E-state index in [1.807, 2.05) is 18.7 Å². The first-order chi connectivity index (χ1) is 21.8. The van der Waals surface area contributed by atoms with Crippen molar-refractivity contribution >= 4 is 40.6 Å². The van der Waals surface area contributed by atoms with Crippen LogP contribution in [0.1, 0.15) is 61.5 Å². The van der Waals surface area contributed by atoms with Crippen molar-refractivity contribution in [1.82, 2.24) is 24.3 Å². The molecule has 0 radical (unpaired) electrons. The molecule has 4 aromatic rings. The molecule has 3 aromatic heterocycles. The van der Waals surface area contributed by atoms with Crippen molar-refractivity contribution in [1.29, 1.82) is 0 Å². The van der Waals surface area contributed by atoms with E-state index in [2.05, 4.69) is 15.3 Å². The Bertz CT molecular complexity index is 1840. The molecule has 46 heavy (non-hydrogen) atoms. The Morgan fingerprint density at radius 2 is 1.98 bits per heavy atom. The van der Waals surface area contributed by atoms with Crippen molar-refractivity contribution in [3.63, 3.8) is 0 Å². The number of hydrogen-bond acceptors (Lipinski definition) is 8. The summed E-state index contributed by atoms with van der Waals surface area (Å²) in [6.07, 6.45) is -1.18. The quantitative estimate of drug-likeness (QED) is 0.255. The molecule has 1 saturated carbocycles. The maximum absolute atomic E-state index is 13.3. The van der Waals surface area contributed by atoms with Crippen molar-refractivity contribution in [3.8, 4) is 17.0 Å². The number of nitrogens with zero attached hydrogens (tertiary/aromatic N) is 5. The number of anilines is 2. The molecule has 1 aliphatic heterocycles. The van der Waals surface area contributed by atoms with Gasteiger partial charge in [-0.3, -0.25) is 14.0 Å². The number of halogens is 4. The van der Waals surface area contributed by atoms with Gasteiger partial charge in [-0.1, -0.05) is 18.5 Å². The minimum absolute atomic E-state index is 0.0782. The van der Waals surface area contributed by atoms with Gasteiger partial charge >= 0.3 is 6.18 Å². The predicted molar refractivity (Wildman–Crippen MR) is 163 cm³/mol. The van der Waals surface area contributed by atoms with Crippen LogP contribution >= 0.6 is 11.6 Å². The summed E-state index contributed by atoms with van der Waals surface area (Å²) in [6, 6.07) is 5.98. The number of nitrogen functional groups attached to an aromatic ring is 1. The molecular formula is C31H31ClF3N7O4. The van der Waals surface area contributed by atoms with Gasteiger partial charge in [-0.05, 0) is 57.0 Å². The second-order valence-electron chi connectivity index (χ2n) is 11.7. The number of alkyl halides is 3. The van der Waals surface area contributed by atoms with E-state index in [0.717, 1.165) is 31.2 Å². The molecule has 3 N–H and O–H groups in total. The number of carbonyl (C=O) groups is 2. The minimum atomic E-state index is -4.60. The van der Waals surface area contributed by atoms with Gasteiger partial charge in [0.05, 0.1) is 37.6 Å². The van der Waals surface area contributed by atoms with E-state index in [-0.39, 0.29) is 58.6 Å². The van der Waals surface area contributed by atoms with Crippen molar-refractivity contribution in [2.75, 3.05) is 30.8 Å². The summed E-state index contributed by atoms with van der Waals surface area (Å²) in [7, 11) is 0. The van der Waals surface area contributed by atoms with Gasteiger partial charge in [0.15, 0.2) is 0 Å². The number of aromatic nitrogens is 4. The zero-order chi connectivity index (χ0) is 33.0. The van der Waals surface area contributed by atoms with E-state index < -0.39 is 23.8 Å². The smallest absolute Gasteiger partial charge is 0.416 e. The van der Waals surface area contributed by atoms with Crippen LogP contribution in [0.4, 0.5) is 24.8 Å². The van der Waals surface area contributed by atoms with Crippen LogP contribution in [0, 0.1) is 5.41 Å². The average Bonchev–Trinajstić information content (AvgIpc) is 3.64. The first-order valence-electron chi connectivity index (χ1n) is 14.7. The monoisotopic (exact) mass is 657 g/mol. The minimum Gasteiger partial charge on any atom is -0.493 e. The normalized spacial score (nSPS) is 19.2. The Hall–Kier alpha value is -4.43. The van der Waals surface area contributed by atoms with E-state index in [4.69, 9.17) is 31.8 Å². The number of nitrogens with one attached hydrogen (secondary N) is 1. The molecule has 1 saturated heterocycles. The van der Waals surface area contributed by atoms with Gasteiger partial charge in [0.1, 0.15) is 45.7 Å². The number of benzene rings is 1. The summed E-state index contributed by atoms with van der Waals surface area (Å²) in [4.78, 5) is 41.2. The lowest BCUT2D eigenvalue weighted by atomic mass is 10.1. The maximum atomic E-state index is 13.3. The third-order valence-corrected chi connectivity index (χ3v) is 8.56. The Kier molecular flexibility index (Phi) is 8.05. The summed E-state index contributed by atoms with van der Waals surface area (Å²) in [6.45, 7) is 6.44. The molecule has 0 bridgehead atoms. The standard InChI is InChI=1S/C31H31ClF3N7O4/c1-4-45-20-11-17(28(43)39-23-12-18(7-10-37-23)31(33,34)35)5-6-19(20)24-25-26(36)38-13-22(32)42(25)27(40-24)21-14-41(16(2)15-46-21)29(44)30(3)8-9-30/h5-7,10-13,16,21H,4,8-9,14-15H2,1-3H3,(H2,36,38)(H,37,39,43)/t16-,21+/m0/s1. The van der Waals surface area contributed by atoms with E-state index in [0.29, 0.717) is 29.2 Å². The van der Waals surface area contributed by atoms with Crippen LogP contribution in [-0.2, 0) is 15.7 Å². The van der Waals surface area contributed by atoms with Crippen LogP contribution in [0.2, 0.25) is 5.15 Å². The highest BCUT2D eigenvalue weighted by Gasteiger charge is 2.49. The molecule has 2 aliphatic rings. The second-order valence-corrected chi connectivity index (χ2v) is 12.1. The topological polar surface area (TPSA) is 137 Å². The number of fused-ring (bicyclic) bond motifs is 1. The van der Waals surface area contributed by atoms with Gasteiger partial charge in [-0.2, -0.15) is 13.2 Å². The summed E-state index contributed by atoms with van der Waals surface area (Å²) >= 11 is 6.66. The molecule has 1 aromatic carbocycles. The number of carbonyl (C=O) groups excluding carboxylic acids is 2. The van der Waals surface area contributed by atoms with E-state index in [1.165, 1.54) is 18.3 Å². The summed E-state index contributed by atoms with van der Waals surface area (Å²) in [5, 5.41) is 2.62. The van der Waals surface area contributed by atoms with Gasteiger partial charge in [0, 0.05) is 22.7 Å². The number of pyridine rings is 1. The molecule has 2 atom stereocenters. The SMILES string of the molecule is CCOc1cc(C(=O)Nc2cc(C(F)(F)F)ccn2)ccc1-c1nc([C@H]2CN(C(=O)C3(C)CC3)[C@@H](C)CO2)n2c(Cl)cnc(N)c12. The third kappa shape index (κ3) is 5.82. The van der Waals surface area contributed by atoms with Gasteiger partial charge < -0.3 is 25.4 Å². The number of hydrogen-bond donors (Lipinski definition) is 2. The molecule has 0 unspecified atom stereocenters. The fourth-order valence-electron chi connectivity index (χ4n) is 5.48. The predicted octanol–water partition coefficient (Wildman–Crippen LogP) is 5.79. The number of amides is 2. The van der Waals surface area contributed by atoms with Gasteiger partial charge in [0.25, 0.3) is 5.91 Å². The van der Waals surface area contributed by atoms with E-state index >= 15 is 0 Å². The summed E-state index contributed by atoms with van der Waals surface area (Å²) in [5.41, 5.74) is 6.36. The molecule has 242 valence electrons. The van der Waals surface area contributed by atoms with Crippen LogP contribution < -0.4 is 15.8 Å². The van der Waals surface area contributed by atoms with Crippen LogP contribution in [0.5, 0.6) is 5.75 Å². The molecule has 6 rings (SSSR count). The number of imidazole rings is 1. The van der Waals surface area contributed by atoms with E-state index in [9.17, 15) is 22.8 Å². The van der Waals surface area contributed by atoms with Gasteiger partial charge in [-0.15, -0.1) is 0 Å². The lowest BCUT2D eigenvalue weighted by Gasteiger charge is -2.39. The lowest BCUT2D eigenvalue weighted by molar-refractivity contribution is -0.150. The Morgan fingerprint density at radius 3 is 2.67 bits per heavy atom. The Morgan fingerprint density at radius 1 is 1.22 bits per heavy atom. The molecular weight excluding hydrogens is 627 g/mol. The molecule has 0 spiro atoms. The number of morpholine rings is 1. The fourth-order valence-corrected chi connectivity index (χ4v) is 5.70. The largest absolute Gasteiger partial charge is 0.493 e. The van der Waals surface area contributed by atoms with Gasteiger partial charge in [-0.25, -0.2) is 15.0 Å². The van der Waals surface area contributed by atoms with Crippen molar-refractivity contribution in [2.24, 2.45) is 5.41 Å². The van der Waals surface area contributed by atoms with Crippen molar-refractivity contribution in [2.45, 2.75) is 51.9 Å². The highest BCUT2D eigenvalue weighted by molar-refractivity contribution is 6.30. The molecule has 1 aliphatic carbocycles. The second kappa shape index (κ2) is 11.7. The van der Waals surface area contributed by atoms with Crippen molar-refractivity contribution < 1.29 is 32.2 Å². The first kappa shape index (κ1) is 31.5. The fraction of sp³-hybridized carbons (Fsp3) is 0.387. The van der Waals surface area contributed by atoms with Crippen LogP contribution in [0.25, 0.3) is 16.8 Å². The number of nitrogens with two attached hydrogens (primary N) is 1. The molecule has 15 heteroatoms. The third-order valence-electron chi connectivity index (χ3n) is 8.30. The highest BCUT2D eigenvalue weighted by Crippen LogP contribution is 2.48. The molecule has 11 nitrogen and oxygen atoms in total. The molecule has 2 fully saturated rings. The zero-order valence-corrected chi connectivity index (χ0v) is 25.9. The lowest BCUT2D eigenvalue weighted by Crippen LogP contribution is -2.50. The van der Waals surface area contributed by atoms with E-state index in [1.54, 1.807) is 17.4 Å². The zero-order valence-electron chi connectivity index (χ0n) is 25.2. The number of rotatable bonds is 7. The molecule has 4 heterocycles. The van der Waals surface area contributed by atoms with Crippen LogP contribution in [0.15, 0.2) is 42.7 Å². The number of ether oxygens (including phenoxy) is 2. The van der Waals surface area contributed by atoms with Crippen LogP contribution in [-0.4, -0.2) is 61.9 Å². The van der Waals surface area contributed by atoms with Gasteiger partial charge in [0.2, 0.25) is 5.91 Å². The Labute approximate surface area is 266 Å². The summed E-state index contributed by atoms with van der Waals surface area (Å²) in [5.74, 6) is -0.0811. The first-order valence-corrected chi connectivity index (χ1v) is 15.1. The van der Waals surface area contributed by atoms with Crippen LogP contribution in [0.3, 0.4) is 0 Å². The highest BCUT2D eigenvalue weighted by atomic mass is 35.5.